The van der Waals surface area contributed by atoms with Gasteiger partial charge in [0.1, 0.15) is 5.69 Å². The number of amides is 1. The zero-order chi connectivity index (χ0) is 19.8. The van der Waals surface area contributed by atoms with E-state index in [9.17, 15) is 4.79 Å². The number of carbonyl (C=O) groups excluding carboxylic acids is 1. The zero-order valence-electron chi connectivity index (χ0n) is 16.5. The van der Waals surface area contributed by atoms with E-state index in [0.29, 0.717) is 29.7 Å². The van der Waals surface area contributed by atoms with Gasteiger partial charge in [-0.05, 0) is 36.6 Å². The first-order chi connectivity index (χ1) is 13.7. The minimum Gasteiger partial charge on any atom is -0.493 e. The number of anilines is 1. The molecule has 3 rings (SSSR count). The van der Waals surface area contributed by atoms with Gasteiger partial charge in [0.25, 0.3) is 5.91 Å². The molecule has 1 aromatic heterocycles. The number of ether oxygens (including phenoxy) is 2. The summed E-state index contributed by atoms with van der Waals surface area (Å²) in [5.74, 6) is 1.63. The zero-order valence-corrected chi connectivity index (χ0v) is 16.5. The van der Waals surface area contributed by atoms with Crippen LogP contribution in [0.1, 0.15) is 54.6 Å². The maximum absolute atomic E-state index is 12.5. The van der Waals surface area contributed by atoms with Crippen LogP contribution < -0.4 is 20.1 Å². The summed E-state index contributed by atoms with van der Waals surface area (Å²) in [6, 6.07) is 7.58. The Bertz CT molecular complexity index is 789. The lowest BCUT2D eigenvalue weighted by Gasteiger charge is -2.16. The average Bonchev–Trinajstić information content (AvgIpc) is 3.00. The number of benzene rings is 1. The normalized spacial score (nSPS) is 14.8. The van der Waals surface area contributed by atoms with Crippen molar-refractivity contribution in [2.24, 2.45) is 0 Å². The van der Waals surface area contributed by atoms with E-state index < -0.39 is 0 Å². The van der Waals surface area contributed by atoms with Crippen molar-refractivity contribution in [2.75, 3.05) is 19.5 Å². The number of nitrogens with one attached hydrogen (secondary N) is 2. The molecule has 7 heteroatoms. The van der Waals surface area contributed by atoms with E-state index >= 15 is 0 Å². The lowest BCUT2D eigenvalue weighted by molar-refractivity contribution is 0.0928. The molecule has 1 amide bonds. The molecule has 1 fully saturated rings. The molecule has 0 saturated heterocycles. The Kier molecular flexibility index (Phi) is 7.06. The fraction of sp³-hybridized carbons (Fsp3) is 0.476. The van der Waals surface area contributed by atoms with Crippen LogP contribution in [0.4, 0.5) is 5.95 Å². The summed E-state index contributed by atoms with van der Waals surface area (Å²) in [7, 11) is 3.21. The molecule has 0 spiro atoms. The molecule has 1 aliphatic rings. The van der Waals surface area contributed by atoms with E-state index in [-0.39, 0.29) is 11.9 Å². The van der Waals surface area contributed by atoms with Crippen molar-refractivity contribution in [3.63, 3.8) is 0 Å². The third-order valence-electron chi connectivity index (χ3n) is 4.98. The van der Waals surface area contributed by atoms with E-state index in [0.717, 1.165) is 18.4 Å². The van der Waals surface area contributed by atoms with E-state index in [1.807, 2.05) is 18.2 Å². The number of carbonyl (C=O) groups is 1. The predicted octanol–water partition coefficient (Wildman–Crippen LogP) is 3.56. The molecule has 1 saturated carbocycles. The average molecular weight is 384 g/mol. The van der Waals surface area contributed by atoms with Crippen molar-refractivity contribution >= 4 is 11.9 Å². The van der Waals surface area contributed by atoms with Gasteiger partial charge in [-0.1, -0.05) is 31.7 Å². The molecule has 1 heterocycles. The standard InChI is InChI=1S/C21H28N4O3/c1-27-18-10-9-15(13-19(18)28-2)14-23-21-22-12-11-17(25-21)20(26)24-16-7-5-3-4-6-8-16/h9-13,16H,3-8,14H2,1-2H3,(H,24,26)(H,22,23,25). The van der Waals surface area contributed by atoms with Gasteiger partial charge in [-0.3, -0.25) is 4.79 Å². The SMILES string of the molecule is COc1ccc(CNc2nccc(C(=O)NC3CCCCCC3)n2)cc1OC. The molecule has 28 heavy (non-hydrogen) atoms. The van der Waals surface area contributed by atoms with Crippen molar-refractivity contribution < 1.29 is 14.3 Å². The van der Waals surface area contributed by atoms with Gasteiger partial charge in [-0.25, -0.2) is 9.97 Å². The van der Waals surface area contributed by atoms with E-state index in [2.05, 4.69) is 20.6 Å². The summed E-state index contributed by atoms with van der Waals surface area (Å²) in [6.07, 6.45) is 8.54. The number of hydrogen-bond donors (Lipinski definition) is 2. The monoisotopic (exact) mass is 384 g/mol. The Morgan fingerprint density at radius 2 is 1.82 bits per heavy atom. The van der Waals surface area contributed by atoms with Gasteiger partial charge < -0.3 is 20.1 Å². The second-order valence-electron chi connectivity index (χ2n) is 6.97. The second-order valence-corrected chi connectivity index (χ2v) is 6.97. The number of hydrogen-bond acceptors (Lipinski definition) is 6. The third-order valence-corrected chi connectivity index (χ3v) is 4.98. The van der Waals surface area contributed by atoms with Gasteiger partial charge in [0.05, 0.1) is 14.2 Å². The van der Waals surface area contributed by atoms with Crippen LogP contribution in [-0.4, -0.2) is 36.1 Å². The minimum atomic E-state index is -0.136. The molecular weight excluding hydrogens is 356 g/mol. The van der Waals surface area contributed by atoms with Crippen molar-refractivity contribution in [2.45, 2.75) is 51.1 Å². The first kappa shape index (κ1) is 19.9. The van der Waals surface area contributed by atoms with Crippen LogP contribution in [0.3, 0.4) is 0 Å². The first-order valence-corrected chi connectivity index (χ1v) is 9.78. The summed E-state index contributed by atoms with van der Waals surface area (Å²) < 4.78 is 10.6. The summed E-state index contributed by atoms with van der Waals surface area (Å²) in [5, 5.41) is 6.28. The third kappa shape index (κ3) is 5.34. The fourth-order valence-electron chi connectivity index (χ4n) is 3.43. The fourth-order valence-corrected chi connectivity index (χ4v) is 3.43. The topological polar surface area (TPSA) is 85.4 Å². The van der Waals surface area contributed by atoms with Crippen LogP contribution in [-0.2, 0) is 6.54 Å². The summed E-state index contributed by atoms with van der Waals surface area (Å²) >= 11 is 0. The molecule has 2 aromatic rings. The summed E-state index contributed by atoms with van der Waals surface area (Å²) in [4.78, 5) is 21.1. The van der Waals surface area contributed by atoms with Crippen molar-refractivity contribution in [1.82, 2.24) is 15.3 Å². The molecule has 1 aromatic carbocycles. The molecule has 0 bridgehead atoms. The van der Waals surface area contributed by atoms with Crippen molar-refractivity contribution in [3.8, 4) is 11.5 Å². The highest BCUT2D eigenvalue weighted by Crippen LogP contribution is 2.27. The van der Waals surface area contributed by atoms with Crippen molar-refractivity contribution in [3.05, 3.63) is 41.7 Å². The van der Waals surface area contributed by atoms with Gasteiger partial charge in [0, 0.05) is 18.8 Å². The Hall–Kier alpha value is -2.83. The lowest BCUT2D eigenvalue weighted by atomic mass is 10.1. The number of methoxy groups -OCH3 is 2. The highest BCUT2D eigenvalue weighted by Gasteiger charge is 2.17. The number of rotatable bonds is 7. The summed E-state index contributed by atoms with van der Waals surface area (Å²) in [5.41, 5.74) is 1.38. The Labute approximate surface area is 165 Å². The lowest BCUT2D eigenvalue weighted by Crippen LogP contribution is -2.35. The Balaban J connectivity index is 1.60. The van der Waals surface area contributed by atoms with E-state index in [4.69, 9.17) is 9.47 Å². The van der Waals surface area contributed by atoms with E-state index in [1.54, 1.807) is 26.5 Å². The van der Waals surface area contributed by atoms with Gasteiger partial charge in [-0.15, -0.1) is 0 Å². The van der Waals surface area contributed by atoms with Crippen LogP contribution in [0.25, 0.3) is 0 Å². The molecule has 0 aliphatic heterocycles. The molecular formula is C21H28N4O3. The Morgan fingerprint density at radius 1 is 1.07 bits per heavy atom. The van der Waals surface area contributed by atoms with Crippen LogP contribution in [0.5, 0.6) is 11.5 Å². The predicted molar refractivity (Wildman–Crippen MR) is 108 cm³/mol. The minimum absolute atomic E-state index is 0.136. The first-order valence-electron chi connectivity index (χ1n) is 9.78. The van der Waals surface area contributed by atoms with Crippen molar-refractivity contribution in [1.29, 1.82) is 0 Å². The van der Waals surface area contributed by atoms with Gasteiger partial charge in [0.2, 0.25) is 5.95 Å². The summed E-state index contributed by atoms with van der Waals surface area (Å²) in [6.45, 7) is 0.508. The highest BCUT2D eigenvalue weighted by atomic mass is 16.5. The van der Waals surface area contributed by atoms with Crippen LogP contribution in [0.15, 0.2) is 30.5 Å². The molecule has 0 unspecified atom stereocenters. The number of nitrogens with zero attached hydrogens (tertiary/aromatic N) is 2. The second kappa shape index (κ2) is 9.92. The highest BCUT2D eigenvalue weighted by molar-refractivity contribution is 5.92. The maximum Gasteiger partial charge on any atom is 0.270 e. The molecule has 0 radical (unpaired) electrons. The molecule has 150 valence electrons. The number of aromatic nitrogens is 2. The molecule has 1 aliphatic carbocycles. The van der Waals surface area contributed by atoms with Gasteiger partial charge in [-0.2, -0.15) is 0 Å². The van der Waals surface area contributed by atoms with E-state index in [1.165, 1.54) is 25.7 Å². The van der Waals surface area contributed by atoms with Crippen LogP contribution >= 0.6 is 0 Å². The smallest absolute Gasteiger partial charge is 0.270 e. The molecule has 2 N–H and O–H groups in total. The molecule has 7 nitrogen and oxygen atoms in total. The Morgan fingerprint density at radius 3 is 2.54 bits per heavy atom. The van der Waals surface area contributed by atoms with Crippen LogP contribution in [0, 0.1) is 0 Å². The maximum atomic E-state index is 12.5. The van der Waals surface area contributed by atoms with Gasteiger partial charge >= 0.3 is 0 Å². The van der Waals surface area contributed by atoms with Crippen LogP contribution in [0.2, 0.25) is 0 Å². The largest absolute Gasteiger partial charge is 0.493 e. The van der Waals surface area contributed by atoms with Gasteiger partial charge in [0.15, 0.2) is 11.5 Å². The molecule has 0 atom stereocenters. The quantitative estimate of drug-likeness (QED) is 0.710.